The Labute approximate surface area is 140 Å². The van der Waals surface area contributed by atoms with Crippen molar-refractivity contribution in [3.05, 3.63) is 35.9 Å². The highest BCUT2D eigenvalue weighted by molar-refractivity contribution is 6.34. The van der Waals surface area contributed by atoms with E-state index in [2.05, 4.69) is 0 Å². The zero-order chi connectivity index (χ0) is 16.2. The molecule has 0 N–H and O–H groups in total. The summed E-state index contributed by atoms with van der Waals surface area (Å²) in [7, 11) is 1.28. The molecule has 1 aliphatic heterocycles. The monoisotopic (exact) mass is 334 g/mol. The lowest BCUT2D eigenvalue weighted by Gasteiger charge is -2.47. The highest BCUT2D eigenvalue weighted by atomic mass is 35.5. The smallest absolute Gasteiger partial charge is 0.366 e. The van der Waals surface area contributed by atoms with E-state index in [9.17, 15) is 9.59 Å². The highest BCUT2D eigenvalue weighted by Crippen LogP contribution is 2.64. The number of benzene rings is 1. The topological polar surface area (TPSA) is 52.6 Å². The summed E-state index contributed by atoms with van der Waals surface area (Å²) in [6.45, 7) is 0. The van der Waals surface area contributed by atoms with E-state index in [4.69, 9.17) is 21.1 Å². The lowest BCUT2D eigenvalue weighted by molar-refractivity contribution is -0.192. The third-order valence-electron chi connectivity index (χ3n) is 5.92. The maximum Gasteiger partial charge on any atom is 0.366 e. The normalized spacial score (nSPS) is 41.3. The number of methoxy groups -OCH3 is 1. The Morgan fingerprint density at radius 2 is 1.96 bits per heavy atom. The molecular weight excluding hydrogens is 316 g/mol. The molecule has 1 heterocycles. The van der Waals surface area contributed by atoms with Crippen LogP contribution in [-0.4, -0.2) is 24.1 Å². The van der Waals surface area contributed by atoms with E-state index < -0.39 is 17.0 Å². The quantitative estimate of drug-likeness (QED) is 0.616. The molecule has 23 heavy (non-hydrogen) atoms. The molecule has 2 saturated carbocycles. The molecular formula is C18H19ClO4. The zero-order valence-corrected chi connectivity index (χ0v) is 13.7. The molecule has 0 spiro atoms. The van der Waals surface area contributed by atoms with Crippen molar-refractivity contribution in [1.29, 1.82) is 0 Å². The summed E-state index contributed by atoms with van der Waals surface area (Å²) in [5, 5.41) is -1.67. The lowest BCUT2D eigenvalue weighted by atomic mass is 9.66. The summed E-state index contributed by atoms with van der Waals surface area (Å²) in [6, 6.07) is 9.68. The molecule has 0 amide bonds. The van der Waals surface area contributed by atoms with Gasteiger partial charge in [-0.1, -0.05) is 41.9 Å². The van der Waals surface area contributed by atoms with Crippen LogP contribution in [0.25, 0.3) is 0 Å². The average Bonchev–Trinajstić information content (AvgIpc) is 3.17. The van der Waals surface area contributed by atoms with Gasteiger partial charge in [0.05, 0.1) is 13.0 Å². The van der Waals surface area contributed by atoms with Gasteiger partial charge in [-0.25, -0.2) is 4.79 Å². The first-order valence-corrected chi connectivity index (χ1v) is 8.49. The van der Waals surface area contributed by atoms with Crippen molar-refractivity contribution in [2.24, 2.45) is 23.7 Å². The predicted molar refractivity (Wildman–Crippen MR) is 83.7 cm³/mol. The number of ether oxygens (including phenoxy) is 2. The minimum atomic E-state index is -1.67. The third kappa shape index (κ3) is 2.04. The Morgan fingerprint density at radius 3 is 2.65 bits per heavy atom. The van der Waals surface area contributed by atoms with Crippen molar-refractivity contribution in [3.8, 4) is 0 Å². The second-order valence-corrected chi connectivity index (χ2v) is 7.44. The van der Waals surface area contributed by atoms with Gasteiger partial charge in [-0.2, -0.15) is 0 Å². The van der Waals surface area contributed by atoms with Crippen molar-refractivity contribution >= 4 is 23.5 Å². The molecule has 1 aromatic rings. The number of halogens is 1. The predicted octanol–water partition coefficient (Wildman–Crippen LogP) is 3.10. The van der Waals surface area contributed by atoms with Crippen LogP contribution in [0.3, 0.4) is 0 Å². The van der Waals surface area contributed by atoms with Crippen molar-refractivity contribution in [3.63, 3.8) is 0 Å². The summed E-state index contributed by atoms with van der Waals surface area (Å²) < 4.78 is 10.4. The molecule has 0 radical (unpaired) electrons. The van der Waals surface area contributed by atoms with Crippen molar-refractivity contribution in [1.82, 2.24) is 0 Å². The van der Waals surface area contributed by atoms with Crippen LogP contribution >= 0.6 is 11.6 Å². The number of carbonyl (C=O) groups excluding carboxylic acids is 2. The minimum Gasteiger partial charge on any atom is -0.465 e. The van der Waals surface area contributed by atoms with Crippen LogP contribution in [-0.2, 0) is 19.1 Å². The molecule has 3 aliphatic rings. The first kappa shape index (κ1) is 15.0. The van der Waals surface area contributed by atoms with E-state index in [1.165, 1.54) is 7.11 Å². The Bertz CT molecular complexity index is 646. The van der Waals surface area contributed by atoms with E-state index in [0.29, 0.717) is 11.8 Å². The van der Waals surface area contributed by atoms with Gasteiger partial charge in [0.25, 0.3) is 5.06 Å². The van der Waals surface area contributed by atoms with Crippen LogP contribution in [0.15, 0.2) is 30.3 Å². The fourth-order valence-electron chi connectivity index (χ4n) is 5.14. The molecule has 5 heteroatoms. The van der Waals surface area contributed by atoms with Gasteiger partial charge in [0.2, 0.25) is 0 Å². The van der Waals surface area contributed by atoms with Gasteiger partial charge in [0, 0.05) is 5.92 Å². The molecule has 2 aliphatic carbocycles. The maximum absolute atomic E-state index is 12.7. The van der Waals surface area contributed by atoms with Crippen molar-refractivity contribution in [2.75, 3.05) is 7.11 Å². The summed E-state index contributed by atoms with van der Waals surface area (Å²) in [5.41, 5.74) is 0.948. The van der Waals surface area contributed by atoms with Crippen LogP contribution in [0.5, 0.6) is 0 Å². The summed E-state index contributed by atoms with van der Waals surface area (Å²) in [5.74, 6) is -0.779. The second-order valence-electron chi connectivity index (χ2n) is 6.88. The Kier molecular flexibility index (Phi) is 3.41. The van der Waals surface area contributed by atoms with E-state index in [1.54, 1.807) is 0 Å². The first-order chi connectivity index (χ1) is 11.1. The number of rotatable bonds is 2. The average molecular weight is 335 g/mol. The number of fused-ring (bicyclic) bond motifs is 5. The third-order valence-corrected chi connectivity index (χ3v) is 6.40. The summed E-state index contributed by atoms with van der Waals surface area (Å²) >= 11 is 6.55. The van der Waals surface area contributed by atoms with E-state index >= 15 is 0 Å². The molecule has 4 rings (SSSR count). The first-order valence-electron chi connectivity index (χ1n) is 8.11. The molecule has 4 nitrogen and oxygen atoms in total. The van der Waals surface area contributed by atoms with E-state index in [1.807, 2.05) is 30.3 Å². The summed E-state index contributed by atoms with van der Waals surface area (Å²) in [6.07, 6.45) is 3.15. The van der Waals surface area contributed by atoms with E-state index in [0.717, 1.165) is 24.8 Å². The zero-order valence-electron chi connectivity index (χ0n) is 12.9. The molecule has 122 valence electrons. The SMILES string of the molecule is COC(=O)C1(Cl)OC(=O)[C@H](c2ccccc2)[C@H]2C3CC[C@H](C3)[C@H]21. The van der Waals surface area contributed by atoms with Gasteiger partial charge in [-0.3, -0.25) is 4.79 Å². The number of carbonyl (C=O) groups is 2. The molecule has 1 aromatic carbocycles. The Morgan fingerprint density at radius 1 is 1.26 bits per heavy atom. The second kappa shape index (κ2) is 5.23. The van der Waals surface area contributed by atoms with Crippen LogP contribution in [0.4, 0.5) is 0 Å². The van der Waals surface area contributed by atoms with Crippen molar-refractivity contribution in [2.45, 2.75) is 30.2 Å². The minimum absolute atomic E-state index is 0.0500. The van der Waals surface area contributed by atoms with Gasteiger partial charge >= 0.3 is 11.9 Å². The number of cyclic esters (lactones) is 1. The van der Waals surface area contributed by atoms with Crippen LogP contribution < -0.4 is 0 Å². The molecule has 3 fully saturated rings. The largest absolute Gasteiger partial charge is 0.465 e. The molecule has 2 bridgehead atoms. The van der Waals surface area contributed by atoms with Crippen molar-refractivity contribution < 1.29 is 19.1 Å². The Hall–Kier alpha value is -1.55. The van der Waals surface area contributed by atoms with Gasteiger partial charge in [0.15, 0.2) is 0 Å². The summed E-state index contributed by atoms with van der Waals surface area (Å²) in [4.78, 5) is 25.0. The molecule has 6 atom stereocenters. The van der Waals surface area contributed by atoms with Crippen LogP contribution in [0.2, 0.25) is 0 Å². The Balaban J connectivity index is 1.79. The number of esters is 2. The van der Waals surface area contributed by atoms with Crippen LogP contribution in [0.1, 0.15) is 30.7 Å². The van der Waals surface area contributed by atoms with Gasteiger partial charge in [0.1, 0.15) is 0 Å². The number of alkyl halides is 1. The van der Waals surface area contributed by atoms with Crippen LogP contribution in [0, 0.1) is 23.7 Å². The number of hydrogen-bond donors (Lipinski definition) is 0. The fraction of sp³-hybridized carbons (Fsp3) is 0.556. The maximum atomic E-state index is 12.7. The highest BCUT2D eigenvalue weighted by Gasteiger charge is 2.67. The molecule has 1 saturated heterocycles. The van der Waals surface area contributed by atoms with E-state index in [-0.39, 0.29) is 17.8 Å². The standard InChI is InChI=1S/C18H19ClO4/c1-22-17(21)18(19)15-12-8-7-11(9-12)13(15)14(16(20)23-18)10-5-3-2-4-6-10/h2-6,11-15H,7-9H2,1H3/t11?,12-,13-,14-,15-,18?/m1/s1. The van der Waals surface area contributed by atoms with Gasteiger partial charge in [-0.15, -0.1) is 0 Å². The van der Waals surface area contributed by atoms with Gasteiger partial charge in [-0.05, 0) is 42.6 Å². The fourth-order valence-corrected chi connectivity index (χ4v) is 5.61. The molecule has 0 aromatic heterocycles. The molecule has 2 unspecified atom stereocenters. The lowest BCUT2D eigenvalue weighted by Crippen LogP contribution is -2.57. The number of hydrogen-bond acceptors (Lipinski definition) is 4. The van der Waals surface area contributed by atoms with Gasteiger partial charge < -0.3 is 9.47 Å².